The SMILES string of the molecule is COc1ccc(CCN2C(=O)c3oc4ccc(C)cc4c(=O)c3C2c2ccc(Cl)cc2)cc1. The van der Waals surface area contributed by atoms with Crippen molar-refractivity contribution >= 4 is 28.5 Å². The lowest BCUT2D eigenvalue weighted by atomic mass is 9.98. The molecule has 6 heteroatoms. The van der Waals surface area contributed by atoms with E-state index >= 15 is 0 Å². The maximum Gasteiger partial charge on any atom is 0.290 e. The van der Waals surface area contributed by atoms with Crippen molar-refractivity contribution in [1.29, 1.82) is 0 Å². The van der Waals surface area contributed by atoms with E-state index in [2.05, 4.69) is 0 Å². The molecule has 0 radical (unpaired) electrons. The van der Waals surface area contributed by atoms with Gasteiger partial charge in [-0.1, -0.05) is 47.5 Å². The summed E-state index contributed by atoms with van der Waals surface area (Å²) in [6, 6.07) is 19.9. The molecule has 1 amide bonds. The van der Waals surface area contributed by atoms with E-state index in [1.165, 1.54) is 0 Å². The summed E-state index contributed by atoms with van der Waals surface area (Å²) in [4.78, 5) is 28.8. The van der Waals surface area contributed by atoms with Crippen molar-refractivity contribution < 1.29 is 13.9 Å². The number of fused-ring (bicyclic) bond motifs is 2. The number of ether oxygens (including phenoxy) is 1. The number of halogens is 1. The van der Waals surface area contributed by atoms with Crippen LogP contribution in [0.15, 0.2) is 75.9 Å². The summed E-state index contributed by atoms with van der Waals surface area (Å²) in [5, 5.41) is 1.08. The van der Waals surface area contributed by atoms with Crippen LogP contribution in [0.1, 0.15) is 38.9 Å². The van der Waals surface area contributed by atoms with Crippen LogP contribution >= 0.6 is 11.6 Å². The van der Waals surface area contributed by atoms with Crippen LogP contribution in [-0.2, 0) is 6.42 Å². The van der Waals surface area contributed by atoms with E-state index in [-0.39, 0.29) is 17.1 Å². The van der Waals surface area contributed by atoms with Crippen LogP contribution in [0.5, 0.6) is 5.75 Å². The van der Waals surface area contributed by atoms with Gasteiger partial charge in [0, 0.05) is 11.6 Å². The molecule has 1 unspecified atom stereocenters. The summed E-state index contributed by atoms with van der Waals surface area (Å²) in [5.74, 6) is 0.614. The smallest absolute Gasteiger partial charge is 0.290 e. The van der Waals surface area contributed by atoms with Gasteiger partial charge in [0.1, 0.15) is 11.3 Å². The lowest BCUT2D eigenvalue weighted by Crippen LogP contribution is -2.31. The third-order valence-corrected chi connectivity index (χ3v) is 6.36. The number of hydrogen-bond donors (Lipinski definition) is 0. The highest BCUT2D eigenvalue weighted by molar-refractivity contribution is 6.30. The minimum absolute atomic E-state index is 0.117. The number of hydrogen-bond acceptors (Lipinski definition) is 4. The molecule has 0 saturated heterocycles. The molecule has 1 aliphatic rings. The summed E-state index contributed by atoms with van der Waals surface area (Å²) < 4.78 is 11.2. The first-order valence-corrected chi connectivity index (χ1v) is 11.1. The molecule has 4 aromatic rings. The predicted molar refractivity (Wildman–Crippen MR) is 128 cm³/mol. The molecule has 0 N–H and O–H groups in total. The summed E-state index contributed by atoms with van der Waals surface area (Å²) in [7, 11) is 1.63. The van der Waals surface area contributed by atoms with Crippen LogP contribution in [0.3, 0.4) is 0 Å². The molecule has 1 atom stereocenters. The molecule has 0 saturated carbocycles. The van der Waals surface area contributed by atoms with Crippen LogP contribution in [0.25, 0.3) is 11.0 Å². The zero-order chi connectivity index (χ0) is 23.1. The van der Waals surface area contributed by atoms with Crippen LogP contribution < -0.4 is 10.2 Å². The number of benzene rings is 3. The Balaban J connectivity index is 1.60. The van der Waals surface area contributed by atoms with Gasteiger partial charge in [-0.2, -0.15) is 0 Å². The zero-order valence-electron chi connectivity index (χ0n) is 18.3. The number of aryl methyl sites for hydroxylation is 1. The number of methoxy groups -OCH3 is 1. The van der Waals surface area contributed by atoms with Crippen molar-refractivity contribution in [3.8, 4) is 5.75 Å². The van der Waals surface area contributed by atoms with E-state index in [0.29, 0.717) is 34.5 Å². The minimum atomic E-state index is -0.538. The lowest BCUT2D eigenvalue weighted by Gasteiger charge is -2.25. The largest absolute Gasteiger partial charge is 0.497 e. The van der Waals surface area contributed by atoms with Gasteiger partial charge in [-0.05, 0) is 60.9 Å². The van der Waals surface area contributed by atoms with E-state index in [4.69, 9.17) is 20.8 Å². The van der Waals surface area contributed by atoms with Crippen molar-refractivity contribution in [2.24, 2.45) is 0 Å². The Morgan fingerprint density at radius 3 is 2.42 bits per heavy atom. The van der Waals surface area contributed by atoms with Gasteiger partial charge in [-0.3, -0.25) is 9.59 Å². The highest BCUT2D eigenvalue weighted by atomic mass is 35.5. The topological polar surface area (TPSA) is 59.8 Å². The highest BCUT2D eigenvalue weighted by Crippen LogP contribution is 2.38. The average molecular weight is 460 g/mol. The third-order valence-electron chi connectivity index (χ3n) is 6.11. The molecule has 0 bridgehead atoms. The Labute approximate surface area is 196 Å². The fraction of sp³-hybridized carbons (Fsp3) is 0.185. The Morgan fingerprint density at radius 2 is 1.73 bits per heavy atom. The van der Waals surface area contributed by atoms with E-state index in [1.807, 2.05) is 55.5 Å². The fourth-order valence-electron chi connectivity index (χ4n) is 4.40. The van der Waals surface area contributed by atoms with Crippen molar-refractivity contribution in [1.82, 2.24) is 4.90 Å². The minimum Gasteiger partial charge on any atom is -0.497 e. The molecule has 1 aromatic heterocycles. The predicted octanol–water partition coefficient (Wildman–Crippen LogP) is 5.55. The van der Waals surface area contributed by atoms with Gasteiger partial charge < -0.3 is 14.1 Å². The van der Waals surface area contributed by atoms with Gasteiger partial charge in [0.15, 0.2) is 5.43 Å². The van der Waals surface area contributed by atoms with Gasteiger partial charge in [-0.15, -0.1) is 0 Å². The monoisotopic (exact) mass is 459 g/mol. The molecule has 33 heavy (non-hydrogen) atoms. The quantitative estimate of drug-likeness (QED) is 0.392. The molecule has 0 spiro atoms. The fourth-order valence-corrected chi connectivity index (χ4v) is 4.52. The second-order valence-electron chi connectivity index (χ2n) is 8.22. The maximum atomic E-state index is 13.6. The molecule has 1 aliphatic heterocycles. The van der Waals surface area contributed by atoms with E-state index in [1.54, 1.807) is 30.2 Å². The van der Waals surface area contributed by atoms with Crippen molar-refractivity contribution in [2.75, 3.05) is 13.7 Å². The van der Waals surface area contributed by atoms with Gasteiger partial charge >= 0.3 is 0 Å². The van der Waals surface area contributed by atoms with Crippen molar-refractivity contribution in [3.63, 3.8) is 0 Å². The number of nitrogens with zero attached hydrogens (tertiary/aromatic N) is 1. The number of rotatable bonds is 5. The van der Waals surface area contributed by atoms with Crippen LogP contribution in [0, 0.1) is 6.92 Å². The van der Waals surface area contributed by atoms with Gasteiger partial charge in [-0.25, -0.2) is 0 Å². The Bertz CT molecular complexity index is 1410. The first kappa shape index (κ1) is 21.3. The van der Waals surface area contributed by atoms with Crippen molar-refractivity contribution in [2.45, 2.75) is 19.4 Å². The molecule has 0 fully saturated rings. The highest BCUT2D eigenvalue weighted by Gasteiger charge is 2.42. The molecular formula is C27H22ClNO4. The molecule has 5 rings (SSSR count). The van der Waals surface area contributed by atoms with Gasteiger partial charge in [0.2, 0.25) is 5.76 Å². The number of amides is 1. The van der Waals surface area contributed by atoms with E-state index in [0.717, 1.165) is 22.4 Å². The average Bonchev–Trinajstić information content (AvgIpc) is 3.11. The number of carbonyl (C=O) groups is 1. The van der Waals surface area contributed by atoms with E-state index in [9.17, 15) is 9.59 Å². The Hall–Kier alpha value is -3.57. The molecule has 3 aromatic carbocycles. The molecule has 166 valence electrons. The first-order chi connectivity index (χ1) is 16.0. The maximum absolute atomic E-state index is 13.6. The summed E-state index contributed by atoms with van der Waals surface area (Å²) in [5.41, 5.74) is 3.48. The van der Waals surface area contributed by atoms with Gasteiger partial charge in [0.05, 0.1) is 24.1 Å². The molecule has 0 aliphatic carbocycles. The number of carbonyl (C=O) groups excluding carboxylic acids is 1. The Kier molecular flexibility index (Phi) is 5.43. The van der Waals surface area contributed by atoms with Crippen molar-refractivity contribution in [3.05, 3.63) is 110 Å². The second-order valence-corrected chi connectivity index (χ2v) is 8.66. The normalized spacial score (nSPS) is 15.2. The van der Waals surface area contributed by atoms with Crippen LogP contribution in [-0.4, -0.2) is 24.5 Å². The third kappa shape index (κ3) is 3.79. The van der Waals surface area contributed by atoms with Gasteiger partial charge in [0.25, 0.3) is 5.91 Å². The first-order valence-electron chi connectivity index (χ1n) is 10.7. The second kappa shape index (κ2) is 8.41. The van der Waals surface area contributed by atoms with Crippen LogP contribution in [0.2, 0.25) is 5.02 Å². The summed E-state index contributed by atoms with van der Waals surface area (Å²) in [6.07, 6.45) is 0.626. The molecular weight excluding hydrogens is 438 g/mol. The lowest BCUT2D eigenvalue weighted by molar-refractivity contribution is 0.0730. The summed E-state index contributed by atoms with van der Waals surface area (Å²) in [6.45, 7) is 2.35. The standard InChI is InChI=1S/C27H22ClNO4/c1-16-3-12-22-21(15-16)25(30)23-24(18-6-8-19(28)9-7-18)29(27(31)26(23)33-22)14-13-17-4-10-20(32-2)11-5-17/h3-12,15,24H,13-14H2,1-2H3. The van der Waals surface area contributed by atoms with Crippen LogP contribution in [0.4, 0.5) is 0 Å². The Morgan fingerprint density at radius 1 is 1.00 bits per heavy atom. The molecule has 5 nitrogen and oxygen atoms in total. The molecule has 2 heterocycles. The van der Waals surface area contributed by atoms with E-state index < -0.39 is 6.04 Å². The zero-order valence-corrected chi connectivity index (χ0v) is 19.1. The summed E-state index contributed by atoms with van der Waals surface area (Å²) >= 11 is 6.11.